The standard InChI is InChI=1S/C3H6F3O5P/c1-2(10-3(4,5)6)11-12(7,8)9/h2H,1H3,(H2,7,8,9). The van der Waals surface area contributed by atoms with Crippen molar-refractivity contribution in [3.63, 3.8) is 0 Å². The molecule has 0 aromatic rings. The molecule has 0 spiro atoms. The van der Waals surface area contributed by atoms with Crippen molar-refractivity contribution in [1.29, 1.82) is 0 Å². The van der Waals surface area contributed by atoms with Crippen molar-refractivity contribution in [2.45, 2.75) is 19.6 Å². The lowest BCUT2D eigenvalue weighted by molar-refractivity contribution is -0.365. The SMILES string of the molecule is CC(OC(F)(F)F)OP(=O)(O)O. The van der Waals surface area contributed by atoms with Gasteiger partial charge in [0.05, 0.1) is 0 Å². The molecule has 74 valence electrons. The first kappa shape index (κ1) is 11.9. The van der Waals surface area contributed by atoms with E-state index >= 15 is 0 Å². The highest BCUT2D eigenvalue weighted by molar-refractivity contribution is 7.46. The van der Waals surface area contributed by atoms with E-state index in [1.807, 2.05) is 0 Å². The largest absolute Gasteiger partial charge is 0.524 e. The molecule has 0 radical (unpaired) electrons. The smallest absolute Gasteiger partial charge is 0.303 e. The van der Waals surface area contributed by atoms with Crippen LogP contribution in [-0.4, -0.2) is 22.4 Å². The molecule has 12 heavy (non-hydrogen) atoms. The van der Waals surface area contributed by atoms with Gasteiger partial charge in [-0.15, -0.1) is 13.2 Å². The Morgan fingerprint density at radius 2 is 1.83 bits per heavy atom. The highest BCUT2D eigenvalue weighted by atomic mass is 31.2. The molecule has 0 aliphatic rings. The maximum absolute atomic E-state index is 11.3. The molecule has 0 rings (SSSR count). The zero-order chi connectivity index (χ0) is 9.99. The maximum atomic E-state index is 11.3. The molecule has 0 heterocycles. The van der Waals surface area contributed by atoms with Gasteiger partial charge in [-0.3, -0.25) is 9.26 Å². The van der Waals surface area contributed by atoms with Gasteiger partial charge in [0.15, 0.2) is 6.29 Å². The van der Waals surface area contributed by atoms with Crippen LogP contribution in [0.1, 0.15) is 6.92 Å². The minimum absolute atomic E-state index is 0.715. The minimum Gasteiger partial charge on any atom is -0.303 e. The first-order chi connectivity index (χ1) is 5.10. The molecule has 0 saturated carbocycles. The van der Waals surface area contributed by atoms with E-state index in [9.17, 15) is 17.7 Å². The second kappa shape index (κ2) is 3.71. The van der Waals surface area contributed by atoms with Gasteiger partial charge in [0.1, 0.15) is 0 Å². The number of hydrogen-bond acceptors (Lipinski definition) is 3. The summed E-state index contributed by atoms with van der Waals surface area (Å²) < 4.78 is 50.6. The molecule has 0 aliphatic carbocycles. The molecule has 0 amide bonds. The summed E-state index contributed by atoms with van der Waals surface area (Å²) in [5, 5.41) is 0. The van der Waals surface area contributed by atoms with Crippen LogP contribution < -0.4 is 0 Å². The van der Waals surface area contributed by atoms with Crippen molar-refractivity contribution in [3.05, 3.63) is 0 Å². The van der Waals surface area contributed by atoms with Crippen molar-refractivity contribution in [1.82, 2.24) is 0 Å². The fourth-order valence-corrected chi connectivity index (χ4v) is 0.833. The van der Waals surface area contributed by atoms with E-state index in [4.69, 9.17) is 9.79 Å². The van der Waals surface area contributed by atoms with Gasteiger partial charge in [0.2, 0.25) is 0 Å². The average molecular weight is 210 g/mol. The van der Waals surface area contributed by atoms with Gasteiger partial charge in [-0.2, -0.15) is 0 Å². The van der Waals surface area contributed by atoms with Crippen LogP contribution in [0, 0.1) is 0 Å². The van der Waals surface area contributed by atoms with Crippen LogP contribution in [0.4, 0.5) is 13.2 Å². The Morgan fingerprint density at radius 3 is 2.08 bits per heavy atom. The normalized spacial score (nSPS) is 16.2. The predicted molar refractivity (Wildman–Crippen MR) is 29.7 cm³/mol. The molecule has 0 aliphatic heterocycles. The van der Waals surface area contributed by atoms with Crippen molar-refractivity contribution >= 4 is 7.82 Å². The Bertz CT molecular complexity index is 185. The van der Waals surface area contributed by atoms with E-state index in [1.165, 1.54) is 0 Å². The Morgan fingerprint density at radius 1 is 1.42 bits per heavy atom. The Balaban J connectivity index is 3.91. The van der Waals surface area contributed by atoms with Crippen molar-refractivity contribution in [2.24, 2.45) is 0 Å². The van der Waals surface area contributed by atoms with Crippen molar-refractivity contribution in [3.8, 4) is 0 Å². The molecule has 9 heteroatoms. The Kier molecular flexibility index (Phi) is 3.67. The van der Waals surface area contributed by atoms with Gasteiger partial charge in [-0.05, 0) is 6.92 Å². The number of hydrogen-bond donors (Lipinski definition) is 2. The zero-order valence-electron chi connectivity index (χ0n) is 5.78. The highest BCUT2D eigenvalue weighted by Gasteiger charge is 2.34. The molecule has 2 N–H and O–H groups in total. The monoisotopic (exact) mass is 210 g/mol. The summed E-state index contributed by atoms with van der Waals surface area (Å²) in [7, 11) is -4.93. The molecular formula is C3H6F3O5P. The molecule has 5 nitrogen and oxygen atoms in total. The molecule has 0 fully saturated rings. The zero-order valence-corrected chi connectivity index (χ0v) is 6.67. The van der Waals surface area contributed by atoms with Gasteiger partial charge in [0, 0.05) is 0 Å². The predicted octanol–water partition coefficient (Wildman–Crippen LogP) is 0.978. The summed E-state index contributed by atoms with van der Waals surface area (Å²) in [6.45, 7) is 0.715. The van der Waals surface area contributed by atoms with Gasteiger partial charge >= 0.3 is 14.2 Å². The van der Waals surface area contributed by atoms with E-state index in [2.05, 4.69) is 9.26 Å². The van der Waals surface area contributed by atoms with E-state index < -0.39 is 20.5 Å². The summed E-state index contributed by atoms with van der Waals surface area (Å²) >= 11 is 0. The molecule has 1 atom stereocenters. The van der Waals surface area contributed by atoms with E-state index in [0.717, 1.165) is 0 Å². The van der Waals surface area contributed by atoms with Crippen LogP contribution >= 0.6 is 7.82 Å². The lowest BCUT2D eigenvalue weighted by Crippen LogP contribution is -2.22. The molecule has 0 aromatic carbocycles. The van der Waals surface area contributed by atoms with Crippen LogP contribution in [0.15, 0.2) is 0 Å². The Labute approximate surface area is 65.3 Å². The van der Waals surface area contributed by atoms with Crippen LogP contribution in [-0.2, 0) is 13.8 Å². The van der Waals surface area contributed by atoms with E-state index in [1.54, 1.807) is 0 Å². The van der Waals surface area contributed by atoms with Crippen LogP contribution in [0.25, 0.3) is 0 Å². The summed E-state index contributed by atoms with van der Waals surface area (Å²) in [6, 6.07) is 0. The third kappa shape index (κ3) is 7.96. The lowest BCUT2D eigenvalue weighted by Gasteiger charge is -2.15. The number of ether oxygens (including phenoxy) is 1. The number of alkyl halides is 3. The van der Waals surface area contributed by atoms with Crippen LogP contribution in [0.2, 0.25) is 0 Å². The molecule has 0 aromatic heterocycles. The fraction of sp³-hybridized carbons (Fsp3) is 1.00. The van der Waals surface area contributed by atoms with E-state index in [0.29, 0.717) is 6.92 Å². The molecular weight excluding hydrogens is 204 g/mol. The van der Waals surface area contributed by atoms with Crippen LogP contribution in [0.3, 0.4) is 0 Å². The van der Waals surface area contributed by atoms with E-state index in [-0.39, 0.29) is 0 Å². The quantitative estimate of drug-likeness (QED) is 0.536. The number of halogens is 3. The summed E-state index contributed by atoms with van der Waals surface area (Å²) in [5.74, 6) is 0. The molecule has 1 unspecified atom stereocenters. The fourth-order valence-electron chi connectivity index (χ4n) is 0.403. The first-order valence-corrected chi connectivity index (χ1v) is 4.12. The number of phosphoric acid groups is 1. The molecule has 0 bridgehead atoms. The summed E-state index contributed by atoms with van der Waals surface area (Å²) in [5.41, 5.74) is 0. The van der Waals surface area contributed by atoms with Crippen LogP contribution in [0.5, 0.6) is 0 Å². The van der Waals surface area contributed by atoms with Crippen molar-refractivity contribution in [2.75, 3.05) is 0 Å². The lowest BCUT2D eigenvalue weighted by atomic mass is 10.8. The number of phosphoric ester groups is 1. The van der Waals surface area contributed by atoms with Gasteiger partial charge < -0.3 is 9.79 Å². The topological polar surface area (TPSA) is 76.0 Å². The average Bonchev–Trinajstić information content (AvgIpc) is 1.49. The second-order valence-corrected chi connectivity index (χ2v) is 2.92. The van der Waals surface area contributed by atoms with Crippen molar-refractivity contribution < 1.29 is 36.8 Å². The summed E-state index contributed by atoms with van der Waals surface area (Å²) in [6.07, 6.45) is -7.01. The maximum Gasteiger partial charge on any atom is 0.524 e. The van der Waals surface area contributed by atoms with Gasteiger partial charge in [-0.25, -0.2) is 4.57 Å². The van der Waals surface area contributed by atoms with Gasteiger partial charge in [0.25, 0.3) is 0 Å². The minimum atomic E-state index is -4.98. The third-order valence-electron chi connectivity index (χ3n) is 0.585. The highest BCUT2D eigenvalue weighted by Crippen LogP contribution is 2.38. The Hall–Kier alpha value is -0.140. The third-order valence-corrected chi connectivity index (χ3v) is 1.16. The first-order valence-electron chi connectivity index (χ1n) is 2.58. The second-order valence-electron chi connectivity index (χ2n) is 1.73. The van der Waals surface area contributed by atoms with Gasteiger partial charge in [-0.1, -0.05) is 0 Å². The summed E-state index contributed by atoms with van der Waals surface area (Å²) in [4.78, 5) is 16.1. The number of rotatable bonds is 3. The molecule has 0 saturated heterocycles.